The average molecular weight is 710 g/mol. The second-order valence-electron chi connectivity index (χ2n) is 15.2. The number of hydrogen-bond acceptors (Lipinski definition) is 9. The Kier molecular flexibility index (Phi) is 20.6. The van der Waals surface area contributed by atoms with Crippen molar-refractivity contribution in [3.8, 4) is 0 Å². The molecule has 49 heavy (non-hydrogen) atoms. The molecule has 9 nitrogen and oxygen atoms in total. The van der Waals surface area contributed by atoms with Gasteiger partial charge >= 0.3 is 5.97 Å². The van der Waals surface area contributed by atoms with E-state index in [1.165, 1.54) is 72.0 Å². The summed E-state index contributed by atoms with van der Waals surface area (Å²) < 4.78 is 6.00. The lowest BCUT2D eigenvalue weighted by Gasteiger charge is -2.34. The molecule has 0 amide bonds. The monoisotopic (exact) mass is 710 g/mol. The van der Waals surface area contributed by atoms with Crippen LogP contribution in [0, 0.1) is 24.2 Å². The Bertz CT molecular complexity index is 1120. The summed E-state index contributed by atoms with van der Waals surface area (Å²) >= 11 is 1.61. The normalized spacial score (nSPS) is 21.0. The van der Waals surface area contributed by atoms with Gasteiger partial charge in [0.05, 0.1) is 46.5 Å². The molecule has 0 bridgehead atoms. The maximum Gasteiger partial charge on any atom is 0.306 e. The topological polar surface area (TPSA) is 150 Å². The standard InChI is InChI=1S/C27H44N2O6S.C12H27N/c1-15(24(33)17(3)25(34)26(5,6)21(30)13-23(31)32)9-8-10-27(7)22(35-27)12-20(28)16(2)11-19-14-36-18(4)29-19;1-4-7-10-13(11-8-5-2)12-9-6-3/h11,14-15,17,20-22,24,30,33H,8-10,12-13,28H2,1-7H3,(H,31,32);4-12H2,1-3H3/b16-11+;/t15-,17+,20-,21-,22-,24-,27+;/m0./s1. The number of Topliss-reactive ketones (excluding diaryl/α,β-unsaturated/α-hetero) is 1. The number of nitrogens with two attached hydrogens (primary N) is 1. The fraction of sp³-hybridized carbons (Fsp3) is 0.821. The molecule has 0 aliphatic carbocycles. The molecule has 1 aromatic rings. The second kappa shape index (κ2) is 22.3. The summed E-state index contributed by atoms with van der Waals surface area (Å²) in [6.07, 6.45) is 10.6. The Morgan fingerprint density at radius 2 is 1.63 bits per heavy atom. The number of aliphatic hydroxyl groups is 2. The summed E-state index contributed by atoms with van der Waals surface area (Å²) in [6.45, 7) is 23.5. The van der Waals surface area contributed by atoms with Crippen LogP contribution in [0.4, 0.5) is 0 Å². The Hall–Kier alpha value is -1.69. The predicted molar refractivity (Wildman–Crippen MR) is 203 cm³/mol. The quantitative estimate of drug-likeness (QED) is 0.0794. The third kappa shape index (κ3) is 16.0. The van der Waals surface area contributed by atoms with Crippen LogP contribution in [0.25, 0.3) is 6.08 Å². The number of nitrogens with zero attached hydrogens (tertiary/aromatic N) is 2. The molecule has 2 heterocycles. The number of carboxylic acid groups (broad SMARTS) is 1. The van der Waals surface area contributed by atoms with Gasteiger partial charge in [-0.1, -0.05) is 79.7 Å². The van der Waals surface area contributed by atoms with Gasteiger partial charge in [0.1, 0.15) is 5.78 Å². The molecule has 0 radical (unpaired) electrons. The molecule has 7 atom stereocenters. The van der Waals surface area contributed by atoms with Crippen molar-refractivity contribution in [3.05, 3.63) is 21.7 Å². The SMILES string of the molecule is C/C(=C\c1csc(C)n1)[C@@H](N)C[C@@H]1O[C@]1(C)CCC[C@H](C)[C@H](O)[C@@H](C)C(=O)C(C)(C)[C@@H](O)CC(=O)O.CCCCN(CCCC)CCCC. The van der Waals surface area contributed by atoms with Gasteiger partial charge < -0.3 is 30.7 Å². The van der Waals surface area contributed by atoms with Gasteiger partial charge in [0, 0.05) is 17.3 Å². The summed E-state index contributed by atoms with van der Waals surface area (Å²) in [4.78, 5) is 31.0. The highest BCUT2D eigenvalue weighted by Crippen LogP contribution is 2.44. The van der Waals surface area contributed by atoms with E-state index in [2.05, 4.69) is 37.6 Å². The molecule has 1 fully saturated rings. The maximum atomic E-state index is 12.9. The Morgan fingerprint density at radius 3 is 2.10 bits per heavy atom. The number of rotatable bonds is 24. The van der Waals surface area contributed by atoms with Crippen LogP contribution in [0.2, 0.25) is 0 Å². The number of carbonyl (C=O) groups excluding carboxylic acids is 1. The number of ketones is 1. The van der Waals surface area contributed by atoms with Gasteiger partial charge in [-0.05, 0) is 90.9 Å². The van der Waals surface area contributed by atoms with E-state index in [9.17, 15) is 19.8 Å². The third-order valence-electron chi connectivity index (χ3n) is 10.3. The number of aliphatic hydroxyl groups excluding tert-OH is 2. The molecular formula is C39H71N3O6S. The first kappa shape index (κ1) is 45.3. The van der Waals surface area contributed by atoms with Crippen molar-refractivity contribution in [1.29, 1.82) is 0 Å². The lowest BCUT2D eigenvalue weighted by molar-refractivity contribution is -0.147. The molecule has 1 aromatic heterocycles. The zero-order valence-electron chi connectivity index (χ0n) is 32.5. The average Bonchev–Trinajstić information content (AvgIpc) is 3.49. The fourth-order valence-corrected chi connectivity index (χ4v) is 6.83. The lowest BCUT2D eigenvalue weighted by Crippen LogP contribution is -2.45. The molecule has 1 aliphatic heterocycles. The molecular weight excluding hydrogens is 639 g/mol. The van der Waals surface area contributed by atoms with Crippen molar-refractivity contribution < 1.29 is 29.6 Å². The van der Waals surface area contributed by atoms with Crippen LogP contribution in [-0.2, 0) is 14.3 Å². The van der Waals surface area contributed by atoms with Crippen molar-refractivity contribution in [2.75, 3.05) is 19.6 Å². The van der Waals surface area contributed by atoms with Gasteiger partial charge in [-0.25, -0.2) is 4.98 Å². The van der Waals surface area contributed by atoms with Crippen LogP contribution in [-0.4, -0.2) is 86.5 Å². The van der Waals surface area contributed by atoms with Crippen molar-refractivity contribution in [2.45, 2.75) is 170 Å². The predicted octanol–water partition coefficient (Wildman–Crippen LogP) is 7.65. The number of carbonyl (C=O) groups is 2. The second-order valence-corrected chi connectivity index (χ2v) is 16.3. The zero-order chi connectivity index (χ0) is 37.4. The first-order chi connectivity index (χ1) is 22.9. The van der Waals surface area contributed by atoms with Crippen molar-refractivity contribution in [3.63, 3.8) is 0 Å². The van der Waals surface area contributed by atoms with Crippen LogP contribution in [0.15, 0.2) is 11.0 Å². The molecule has 1 aliphatic rings. The number of epoxide rings is 1. The summed E-state index contributed by atoms with van der Waals surface area (Å²) in [6, 6.07) is -0.105. The van der Waals surface area contributed by atoms with E-state index in [-0.39, 0.29) is 29.4 Å². The molecule has 2 rings (SSSR count). The van der Waals surface area contributed by atoms with Crippen LogP contribution < -0.4 is 5.73 Å². The number of hydrogen-bond donors (Lipinski definition) is 4. The summed E-state index contributed by atoms with van der Waals surface area (Å²) in [5.74, 6) is -2.35. The van der Waals surface area contributed by atoms with E-state index in [1.807, 2.05) is 32.2 Å². The molecule has 0 unspecified atom stereocenters. The number of aryl methyl sites for hydroxylation is 1. The molecule has 0 saturated carbocycles. The van der Waals surface area contributed by atoms with Gasteiger partial charge in [0.25, 0.3) is 0 Å². The smallest absolute Gasteiger partial charge is 0.306 e. The minimum atomic E-state index is -1.31. The van der Waals surface area contributed by atoms with Gasteiger partial charge in [-0.15, -0.1) is 11.3 Å². The van der Waals surface area contributed by atoms with E-state index < -0.39 is 35.9 Å². The van der Waals surface area contributed by atoms with Crippen LogP contribution >= 0.6 is 11.3 Å². The van der Waals surface area contributed by atoms with Crippen LogP contribution in [0.1, 0.15) is 144 Å². The number of carboxylic acids is 1. The number of aliphatic carboxylic acids is 1. The fourth-order valence-electron chi connectivity index (χ4n) is 6.26. The molecule has 0 aromatic carbocycles. The Morgan fingerprint density at radius 1 is 1.08 bits per heavy atom. The number of unbranched alkanes of at least 4 members (excludes halogenated alkanes) is 3. The van der Waals surface area contributed by atoms with Crippen LogP contribution in [0.5, 0.6) is 0 Å². The van der Waals surface area contributed by atoms with E-state index in [0.29, 0.717) is 0 Å². The lowest BCUT2D eigenvalue weighted by atomic mass is 9.73. The van der Waals surface area contributed by atoms with E-state index in [1.54, 1.807) is 18.3 Å². The number of ether oxygens (including phenoxy) is 1. The number of aromatic nitrogens is 1. The molecule has 284 valence electrons. The first-order valence-corrected chi connectivity index (χ1v) is 19.7. The van der Waals surface area contributed by atoms with Crippen molar-refractivity contribution in [1.82, 2.24) is 9.88 Å². The highest BCUT2D eigenvalue weighted by Gasteiger charge is 2.51. The van der Waals surface area contributed by atoms with Gasteiger partial charge in [-0.2, -0.15) is 0 Å². The van der Waals surface area contributed by atoms with Gasteiger partial charge in [-0.3, -0.25) is 9.59 Å². The summed E-state index contributed by atoms with van der Waals surface area (Å²) in [5, 5.41) is 33.0. The molecule has 0 spiro atoms. The van der Waals surface area contributed by atoms with Crippen LogP contribution in [0.3, 0.4) is 0 Å². The minimum absolute atomic E-state index is 0.0882. The number of thiazole rings is 1. The van der Waals surface area contributed by atoms with Gasteiger partial charge in [0.15, 0.2) is 0 Å². The van der Waals surface area contributed by atoms with Crippen molar-refractivity contribution in [2.24, 2.45) is 23.0 Å². The highest BCUT2D eigenvalue weighted by atomic mass is 32.1. The largest absolute Gasteiger partial charge is 0.481 e. The maximum absolute atomic E-state index is 12.9. The minimum Gasteiger partial charge on any atom is -0.481 e. The molecule has 5 N–H and O–H groups in total. The Labute approximate surface area is 302 Å². The van der Waals surface area contributed by atoms with Gasteiger partial charge in [0.2, 0.25) is 0 Å². The molecule has 1 saturated heterocycles. The highest BCUT2D eigenvalue weighted by molar-refractivity contribution is 7.09. The summed E-state index contributed by atoms with van der Waals surface area (Å²) in [5.41, 5.74) is 6.92. The van der Waals surface area contributed by atoms with E-state index in [0.717, 1.165) is 42.0 Å². The molecule has 10 heteroatoms. The van der Waals surface area contributed by atoms with Crippen molar-refractivity contribution >= 4 is 29.2 Å². The zero-order valence-corrected chi connectivity index (χ0v) is 33.3. The van der Waals surface area contributed by atoms with E-state index in [4.69, 9.17) is 15.6 Å². The van der Waals surface area contributed by atoms with E-state index >= 15 is 0 Å². The summed E-state index contributed by atoms with van der Waals surface area (Å²) in [7, 11) is 0. The third-order valence-corrected chi connectivity index (χ3v) is 11.1. The Balaban J connectivity index is 0.000000779. The first-order valence-electron chi connectivity index (χ1n) is 18.8.